The number of aromatic nitrogens is 2. The minimum Gasteiger partial charge on any atom is -0.324 e. The van der Waals surface area contributed by atoms with Crippen LogP contribution in [0, 0.1) is 0 Å². The number of imidazole rings is 1. The fourth-order valence-corrected chi connectivity index (χ4v) is 4.90. The van der Waals surface area contributed by atoms with Crippen molar-refractivity contribution in [3.05, 3.63) is 46.0 Å². The number of fused-ring (bicyclic) bond motifs is 2. The Balaban J connectivity index is 1.31. The Morgan fingerprint density at radius 2 is 2.00 bits per heavy atom. The topological polar surface area (TPSA) is 134 Å². The second-order valence-corrected chi connectivity index (χ2v) is 8.90. The number of imide groups is 2. The molecule has 1 aromatic heterocycles. The van der Waals surface area contributed by atoms with Gasteiger partial charge in [-0.05, 0) is 34.5 Å². The molecule has 2 aromatic rings. The van der Waals surface area contributed by atoms with E-state index in [1.807, 2.05) is 9.47 Å². The molecule has 33 heavy (non-hydrogen) atoms. The second-order valence-electron chi connectivity index (χ2n) is 8.08. The van der Waals surface area contributed by atoms with Crippen molar-refractivity contribution < 1.29 is 24.0 Å². The monoisotopic (exact) mass is 514 g/mol. The molecule has 4 heterocycles. The van der Waals surface area contributed by atoms with Gasteiger partial charge in [0.15, 0.2) is 0 Å². The van der Waals surface area contributed by atoms with Gasteiger partial charge in [-0.1, -0.05) is 6.07 Å². The molecule has 5 amide bonds. The van der Waals surface area contributed by atoms with E-state index in [1.165, 1.54) is 6.07 Å². The summed E-state index contributed by atoms with van der Waals surface area (Å²) in [4.78, 5) is 69.6. The standard InChI is InChI=1S/C21H19BrN6O5/c22-14-8-23-15-9-26(6-7-27(14)15)10-17(30)24-12-3-1-2-11-18(12)21(33)28(20(11)32)13-4-5-16(29)25-19(13)31/h1-3,8,13H,4-7,9-10H2,(H,24,30)(H,25,29,31). The number of hydrogen-bond donors (Lipinski definition) is 2. The number of amides is 5. The average Bonchev–Trinajstić information content (AvgIpc) is 3.26. The first kappa shape index (κ1) is 21.5. The number of nitrogens with one attached hydrogen (secondary N) is 2. The maximum Gasteiger partial charge on any atom is 0.264 e. The molecular formula is C21H19BrN6O5. The Hall–Kier alpha value is -3.38. The van der Waals surface area contributed by atoms with E-state index in [2.05, 4.69) is 31.5 Å². The third-order valence-electron chi connectivity index (χ3n) is 6.00. The SMILES string of the molecule is O=C1CCC(N2C(=O)c3cccc(NC(=O)CN4CCn5c(Br)cnc5C4)c3C2=O)C(=O)N1. The number of anilines is 1. The van der Waals surface area contributed by atoms with Crippen LogP contribution < -0.4 is 10.6 Å². The lowest BCUT2D eigenvalue weighted by Gasteiger charge is -2.28. The molecule has 3 aliphatic heterocycles. The molecule has 12 heteroatoms. The van der Waals surface area contributed by atoms with Gasteiger partial charge in [-0.2, -0.15) is 0 Å². The number of halogens is 1. The van der Waals surface area contributed by atoms with Crippen LogP contribution in [0.15, 0.2) is 29.0 Å². The highest BCUT2D eigenvalue weighted by molar-refractivity contribution is 9.10. The number of carbonyl (C=O) groups is 5. The summed E-state index contributed by atoms with van der Waals surface area (Å²) in [6, 6.07) is 3.55. The highest BCUT2D eigenvalue weighted by Crippen LogP contribution is 2.32. The predicted octanol–water partition coefficient (Wildman–Crippen LogP) is 0.501. The van der Waals surface area contributed by atoms with E-state index in [-0.39, 0.29) is 42.1 Å². The molecule has 0 saturated carbocycles. The van der Waals surface area contributed by atoms with Gasteiger partial charge in [-0.15, -0.1) is 0 Å². The molecule has 5 rings (SSSR count). The fourth-order valence-electron chi connectivity index (χ4n) is 4.42. The van der Waals surface area contributed by atoms with Crippen molar-refractivity contribution in [3.63, 3.8) is 0 Å². The molecule has 0 radical (unpaired) electrons. The summed E-state index contributed by atoms with van der Waals surface area (Å²) >= 11 is 3.44. The summed E-state index contributed by atoms with van der Waals surface area (Å²) in [5, 5.41) is 4.91. The fraction of sp³-hybridized carbons (Fsp3) is 0.333. The molecule has 0 bridgehead atoms. The number of carbonyl (C=O) groups excluding carboxylic acids is 5. The summed E-state index contributed by atoms with van der Waals surface area (Å²) in [5.74, 6) is -1.88. The van der Waals surface area contributed by atoms with Crippen molar-refractivity contribution in [3.8, 4) is 0 Å². The predicted molar refractivity (Wildman–Crippen MR) is 117 cm³/mol. The number of hydrogen-bond acceptors (Lipinski definition) is 7. The molecule has 11 nitrogen and oxygen atoms in total. The summed E-state index contributed by atoms with van der Waals surface area (Å²) in [7, 11) is 0. The summed E-state index contributed by atoms with van der Waals surface area (Å²) in [5.41, 5.74) is 0.387. The summed E-state index contributed by atoms with van der Waals surface area (Å²) in [6.45, 7) is 1.95. The van der Waals surface area contributed by atoms with Gasteiger partial charge in [-0.3, -0.25) is 39.1 Å². The van der Waals surface area contributed by atoms with Crippen LogP contribution in [0.25, 0.3) is 0 Å². The minimum atomic E-state index is -1.06. The zero-order valence-corrected chi connectivity index (χ0v) is 18.9. The Morgan fingerprint density at radius 3 is 2.79 bits per heavy atom. The van der Waals surface area contributed by atoms with Crippen LogP contribution in [0.1, 0.15) is 39.4 Å². The normalized spacial score (nSPS) is 20.5. The van der Waals surface area contributed by atoms with Gasteiger partial charge in [0.1, 0.15) is 16.5 Å². The first-order chi connectivity index (χ1) is 15.8. The van der Waals surface area contributed by atoms with E-state index in [9.17, 15) is 24.0 Å². The highest BCUT2D eigenvalue weighted by atomic mass is 79.9. The first-order valence-corrected chi connectivity index (χ1v) is 11.2. The third-order valence-corrected chi connectivity index (χ3v) is 6.64. The lowest BCUT2D eigenvalue weighted by Crippen LogP contribution is -2.54. The average molecular weight is 515 g/mol. The van der Waals surface area contributed by atoms with E-state index in [4.69, 9.17) is 0 Å². The Morgan fingerprint density at radius 1 is 1.18 bits per heavy atom. The van der Waals surface area contributed by atoms with Crippen molar-refractivity contribution in [1.82, 2.24) is 24.7 Å². The summed E-state index contributed by atoms with van der Waals surface area (Å²) < 4.78 is 2.93. The molecule has 170 valence electrons. The van der Waals surface area contributed by atoms with Crippen LogP contribution in [0.2, 0.25) is 0 Å². The lowest BCUT2D eigenvalue weighted by atomic mass is 10.0. The van der Waals surface area contributed by atoms with Gasteiger partial charge in [0.25, 0.3) is 11.8 Å². The molecule has 0 spiro atoms. The molecule has 1 aromatic carbocycles. The lowest BCUT2D eigenvalue weighted by molar-refractivity contribution is -0.136. The van der Waals surface area contributed by atoms with Gasteiger partial charge in [0.2, 0.25) is 17.7 Å². The van der Waals surface area contributed by atoms with Crippen LogP contribution in [0.3, 0.4) is 0 Å². The van der Waals surface area contributed by atoms with Crippen molar-refractivity contribution in [2.75, 3.05) is 18.4 Å². The maximum atomic E-state index is 13.1. The van der Waals surface area contributed by atoms with E-state index in [1.54, 1.807) is 18.3 Å². The quantitative estimate of drug-likeness (QED) is 0.567. The Labute approximate surface area is 196 Å². The van der Waals surface area contributed by atoms with E-state index < -0.39 is 29.7 Å². The van der Waals surface area contributed by atoms with Crippen LogP contribution in [0.4, 0.5) is 5.69 Å². The second kappa shape index (κ2) is 8.19. The van der Waals surface area contributed by atoms with Gasteiger partial charge >= 0.3 is 0 Å². The minimum absolute atomic E-state index is 0.0397. The van der Waals surface area contributed by atoms with Crippen molar-refractivity contribution in [1.29, 1.82) is 0 Å². The molecule has 3 aliphatic rings. The number of piperidine rings is 1. The number of benzene rings is 1. The van der Waals surface area contributed by atoms with Crippen molar-refractivity contribution >= 4 is 51.2 Å². The highest BCUT2D eigenvalue weighted by Gasteiger charge is 2.45. The van der Waals surface area contributed by atoms with E-state index >= 15 is 0 Å². The molecule has 2 N–H and O–H groups in total. The maximum absolute atomic E-state index is 13.1. The van der Waals surface area contributed by atoms with Crippen LogP contribution in [0.5, 0.6) is 0 Å². The zero-order valence-electron chi connectivity index (χ0n) is 17.3. The van der Waals surface area contributed by atoms with Crippen molar-refractivity contribution in [2.45, 2.75) is 32.0 Å². The number of rotatable bonds is 4. The molecule has 0 aliphatic carbocycles. The van der Waals surface area contributed by atoms with Crippen LogP contribution >= 0.6 is 15.9 Å². The van der Waals surface area contributed by atoms with Gasteiger partial charge < -0.3 is 9.88 Å². The number of nitrogens with zero attached hydrogens (tertiary/aromatic N) is 4. The third kappa shape index (κ3) is 3.74. The Kier molecular flexibility index (Phi) is 5.33. The largest absolute Gasteiger partial charge is 0.324 e. The van der Waals surface area contributed by atoms with Crippen LogP contribution in [-0.2, 0) is 27.5 Å². The van der Waals surface area contributed by atoms with Crippen LogP contribution in [-0.4, -0.2) is 68.0 Å². The van der Waals surface area contributed by atoms with E-state index in [0.717, 1.165) is 15.3 Å². The van der Waals surface area contributed by atoms with Gasteiger partial charge in [0.05, 0.1) is 36.1 Å². The summed E-state index contributed by atoms with van der Waals surface area (Å²) in [6.07, 6.45) is 1.83. The van der Waals surface area contributed by atoms with Gasteiger partial charge in [-0.25, -0.2) is 4.98 Å². The first-order valence-electron chi connectivity index (χ1n) is 10.4. The van der Waals surface area contributed by atoms with E-state index in [0.29, 0.717) is 19.6 Å². The smallest absolute Gasteiger partial charge is 0.264 e. The zero-order chi connectivity index (χ0) is 23.3. The molecule has 1 unspecified atom stereocenters. The molecule has 1 fully saturated rings. The Bertz CT molecular complexity index is 1220. The molecular weight excluding hydrogens is 496 g/mol. The molecule has 1 atom stereocenters. The van der Waals surface area contributed by atoms with Gasteiger partial charge in [0, 0.05) is 19.5 Å². The molecule has 1 saturated heterocycles. The van der Waals surface area contributed by atoms with Crippen molar-refractivity contribution in [2.24, 2.45) is 0 Å².